The van der Waals surface area contributed by atoms with Crippen molar-refractivity contribution >= 4 is 50.8 Å². The number of nitrogens with one attached hydrogen (secondary N) is 1. The highest BCUT2D eigenvalue weighted by Gasteiger charge is 2.17. The largest absolute Gasteiger partial charge is 0.422 e. The van der Waals surface area contributed by atoms with Gasteiger partial charge in [-0.3, -0.25) is 4.79 Å². The molecule has 5 N–H and O–H groups in total. The van der Waals surface area contributed by atoms with E-state index in [4.69, 9.17) is 15.9 Å². The van der Waals surface area contributed by atoms with Gasteiger partial charge in [-0.05, 0) is 58.8 Å². The van der Waals surface area contributed by atoms with Crippen molar-refractivity contribution in [2.75, 3.05) is 11.1 Å². The van der Waals surface area contributed by atoms with E-state index in [2.05, 4.69) is 34.0 Å². The molecule has 0 aliphatic heterocycles. The summed E-state index contributed by atoms with van der Waals surface area (Å²) in [6.45, 7) is 2.23. The first-order chi connectivity index (χ1) is 11.9. The third kappa shape index (κ3) is 3.46. The van der Waals surface area contributed by atoms with Crippen LogP contribution in [0.2, 0.25) is 0 Å². The standard InChI is InChI=1S/C18H16IN3O3/c1-9-12-6-13(20)14(22-8-10-3-2-4-11(19)5-10)7-15(12)25-18(24)16(9)17(21)23/h2-7,22H,8,20H2,1H3,(H2,21,23). The Morgan fingerprint density at radius 2 is 2.04 bits per heavy atom. The molecular formula is C18H16IN3O3. The molecule has 0 aliphatic rings. The van der Waals surface area contributed by atoms with Gasteiger partial charge in [0.2, 0.25) is 0 Å². The summed E-state index contributed by atoms with van der Waals surface area (Å²) in [7, 11) is 0. The molecule has 0 unspecified atom stereocenters. The Balaban J connectivity index is 2.00. The quantitative estimate of drug-likeness (QED) is 0.322. The predicted molar refractivity (Wildman–Crippen MR) is 107 cm³/mol. The fraction of sp³-hybridized carbons (Fsp3) is 0.111. The molecule has 0 spiro atoms. The molecule has 0 saturated carbocycles. The number of benzene rings is 2. The van der Waals surface area contributed by atoms with Gasteiger partial charge in [0.1, 0.15) is 11.1 Å². The van der Waals surface area contributed by atoms with Gasteiger partial charge in [-0.1, -0.05) is 12.1 Å². The van der Waals surface area contributed by atoms with Crippen molar-refractivity contribution < 1.29 is 9.21 Å². The zero-order valence-corrected chi connectivity index (χ0v) is 15.6. The van der Waals surface area contributed by atoms with Gasteiger partial charge in [0.15, 0.2) is 0 Å². The lowest BCUT2D eigenvalue weighted by atomic mass is 10.0. The maximum atomic E-state index is 12.0. The summed E-state index contributed by atoms with van der Waals surface area (Å²) in [5.74, 6) is -0.812. The number of amides is 1. The minimum atomic E-state index is -0.812. The lowest BCUT2D eigenvalue weighted by molar-refractivity contribution is 0.0996. The Labute approximate surface area is 157 Å². The number of hydrogen-bond donors (Lipinski definition) is 3. The minimum absolute atomic E-state index is 0.147. The number of hydrogen-bond acceptors (Lipinski definition) is 5. The van der Waals surface area contributed by atoms with Crippen LogP contribution in [0.5, 0.6) is 0 Å². The fourth-order valence-electron chi connectivity index (χ4n) is 2.70. The van der Waals surface area contributed by atoms with Gasteiger partial charge in [0.05, 0.1) is 11.4 Å². The van der Waals surface area contributed by atoms with E-state index < -0.39 is 11.5 Å². The van der Waals surface area contributed by atoms with E-state index in [9.17, 15) is 9.59 Å². The van der Waals surface area contributed by atoms with Crippen LogP contribution < -0.4 is 22.4 Å². The minimum Gasteiger partial charge on any atom is -0.422 e. The molecule has 0 bridgehead atoms. The monoisotopic (exact) mass is 449 g/mol. The van der Waals surface area contributed by atoms with Crippen molar-refractivity contribution in [1.82, 2.24) is 0 Å². The number of rotatable bonds is 4. The molecule has 6 nitrogen and oxygen atoms in total. The molecule has 0 atom stereocenters. The summed E-state index contributed by atoms with van der Waals surface area (Å²) in [4.78, 5) is 23.4. The van der Waals surface area contributed by atoms with E-state index in [1.165, 1.54) is 0 Å². The molecule has 7 heteroatoms. The van der Waals surface area contributed by atoms with E-state index in [0.29, 0.717) is 34.5 Å². The van der Waals surface area contributed by atoms with E-state index in [1.54, 1.807) is 19.1 Å². The fourth-order valence-corrected chi connectivity index (χ4v) is 3.30. The van der Waals surface area contributed by atoms with Crippen LogP contribution in [0.15, 0.2) is 45.6 Å². The number of aryl methyl sites for hydroxylation is 1. The molecule has 0 radical (unpaired) electrons. The number of fused-ring (bicyclic) bond motifs is 1. The number of anilines is 2. The van der Waals surface area contributed by atoms with Crippen LogP contribution in [0.25, 0.3) is 11.0 Å². The smallest absolute Gasteiger partial charge is 0.349 e. The number of nitrogen functional groups attached to an aromatic ring is 1. The Hall–Kier alpha value is -2.55. The summed E-state index contributed by atoms with van der Waals surface area (Å²) < 4.78 is 6.39. The van der Waals surface area contributed by atoms with Crippen molar-refractivity contribution in [2.45, 2.75) is 13.5 Å². The SMILES string of the molecule is Cc1c(C(N)=O)c(=O)oc2cc(NCc3cccc(I)c3)c(N)cc12. The normalized spacial score (nSPS) is 10.8. The second-order valence-corrected chi connectivity index (χ2v) is 6.92. The molecule has 128 valence electrons. The highest BCUT2D eigenvalue weighted by atomic mass is 127. The van der Waals surface area contributed by atoms with Gasteiger partial charge in [-0.25, -0.2) is 4.79 Å². The van der Waals surface area contributed by atoms with Crippen molar-refractivity contribution in [1.29, 1.82) is 0 Å². The third-order valence-corrected chi connectivity index (χ3v) is 4.63. The Morgan fingerprint density at radius 1 is 1.28 bits per heavy atom. The van der Waals surface area contributed by atoms with Crippen molar-refractivity contribution in [3.05, 3.63) is 67.1 Å². The zero-order chi connectivity index (χ0) is 18.1. The molecule has 3 rings (SSSR count). The van der Waals surface area contributed by atoms with Gasteiger partial charge in [-0.15, -0.1) is 0 Å². The Morgan fingerprint density at radius 3 is 2.72 bits per heavy atom. The number of primary amides is 1. The molecular weight excluding hydrogens is 433 g/mol. The number of carbonyl (C=O) groups is 1. The van der Waals surface area contributed by atoms with E-state index in [1.807, 2.05) is 18.2 Å². The summed E-state index contributed by atoms with van der Waals surface area (Å²) in [6.07, 6.45) is 0. The van der Waals surface area contributed by atoms with Crippen molar-refractivity contribution in [3.8, 4) is 0 Å². The van der Waals surface area contributed by atoms with Crippen molar-refractivity contribution in [2.24, 2.45) is 5.73 Å². The van der Waals surface area contributed by atoms with Gasteiger partial charge in [0, 0.05) is 21.6 Å². The Kier molecular flexibility index (Phi) is 4.67. The van der Waals surface area contributed by atoms with Gasteiger partial charge in [-0.2, -0.15) is 0 Å². The first-order valence-electron chi connectivity index (χ1n) is 7.52. The van der Waals surface area contributed by atoms with Crippen LogP contribution in [-0.2, 0) is 6.54 Å². The van der Waals surface area contributed by atoms with Crippen molar-refractivity contribution in [3.63, 3.8) is 0 Å². The maximum absolute atomic E-state index is 12.0. The third-order valence-electron chi connectivity index (χ3n) is 3.96. The topological polar surface area (TPSA) is 111 Å². The van der Waals surface area contributed by atoms with Crippen LogP contribution in [0.3, 0.4) is 0 Å². The van der Waals surface area contributed by atoms with E-state index in [0.717, 1.165) is 9.13 Å². The number of carbonyl (C=O) groups excluding carboxylic acids is 1. The van der Waals surface area contributed by atoms with Crippen LogP contribution >= 0.6 is 22.6 Å². The highest BCUT2D eigenvalue weighted by Crippen LogP contribution is 2.29. The van der Waals surface area contributed by atoms with Crippen LogP contribution in [0.1, 0.15) is 21.5 Å². The summed E-state index contributed by atoms with van der Waals surface area (Å²) >= 11 is 2.25. The number of nitrogens with two attached hydrogens (primary N) is 2. The molecule has 2 aromatic carbocycles. The molecule has 0 saturated heterocycles. The average molecular weight is 449 g/mol. The number of halogens is 1. The average Bonchev–Trinajstić information content (AvgIpc) is 2.53. The first-order valence-corrected chi connectivity index (χ1v) is 8.59. The molecule has 25 heavy (non-hydrogen) atoms. The summed E-state index contributed by atoms with van der Waals surface area (Å²) in [5.41, 5.74) is 13.5. The molecule has 0 aliphatic carbocycles. The molecule has 3 aromatic rings. The lowest BCUT2D eigenvalue weighted by Gasteiger charge is -2.12. The van der Waals surface area contributed by atoms with Crippen LogP contribution in [0, 0.1) is 10.5 Å². The summed E-state index contributed by atoms with van der Waals surface area (Å²) in [6, 6.07) is 11.4. The van der Waals surface area contributed by atoms with Gasteiger partial charge < -0.3 is 21.2 Å². The highest BCUT2D eigenvalue weighted by molar-refractivity contribution is 14.1. The maximum Gasteiger partial charge on any atom is 0.349 e. The second-order valence-electron chi connectivity index (χ2n) is 5.67. The van der Waals surface area contributed by atoms with Crippen LogP contribution in [-0.4, -0.2) is 5.91 Å². The lowest BCUT2D eigenvalue weighted by Crippen LogP contribution is -2.22. The first kappa shape index (κ1) is 17.3. The predicted octanol–water partition coefficient (Wildman–Crippen LogP) is 3.00. The van der Waals surface area contributed by atoms with Gasteiger partial charge >= 0.3 is 5.63 Å². The summed E-state index contributed by atoms with van der Waals surface area (Å²) in [5, 5.41) is 3.83. The van der Waals surface area contributed by atoms with E-state index in [-0.39, 0.29) is 5.56 Å². The van der Waals surface area contributed by atoms with Gasteiger partial charge in [0.25, 0.3) is 5.91 Å². The van der Waals surface area contributed by atoms with Crippen LogP contribution in [0.4, 0.5) is 11.4 Å². The Bertz CT molecular complexity index is 1040. The molecule has 1 amide bonds. The van der Waals surface area contributed by atoms with E-state index >= 15 is 0 Å². The molecule has 0 fully saturated rings. The zero-order valence-electron chi connectivity index (χ0n) is 13.4. The molecule has 1 heterocycles. The molecule has 1 aromatic heterocycles. The second kappa shape index (κ2) is 6.75.